The summed E-state index contributed by atoms with van der Waals surface area (Å²) in [4.78, 5) is 44.2. The van der Waals surface area contributed by atoms with E-state index in [0.29, 0.717) is 52.4 Å². The fourth-order valence-electron chi connectivity index (χ4n) is 4.90. The van der Waals surface area contributed by atoms with Gasteiger partial charge in [0.25, 0.3) is 0 Å². The van der Waals surface area contributed by atoms with E-state index in [0.717, 1.165) is 31.2 Å². The first-order valence-corrected chi connectivity index (χ1v) is 13.1. The third kappa shape index (κ3) is 6.79. The number of hydrogen-bond donors (Lipinski definition) is 5. The van der Waals surface area contributed by atoms with Gasteiger partial charge in [0, 0.05) is 29.7 Å². The lowest BCUT2D eigenvalue weighted by Gasteiger charge is -2.28. The number of hydrogen-bond acceptors (Lipinski definition) is 5. The van der Waals surface area contributed by atoms with Crippen molar-refractivity contribution in [3.63, 3.8) is 0 Å². The van der Waals surface area contributed by atoms with E-state index in [-0.39, 0.29) is 17.7 Å². The Morgan fingerprint density at radius 1 is 1.11 bits per heavy atom. The Hall–Kier alpha value is -3.69. The Morgan fingerprint density at radius 2 is 1.82 bits per heavy atom. The van der Waals surface area contributed by atoms with E-state index in [1.807, 2.05) is 24.3 Å². The summed E-state index contributed by atoms with van der Waals surface area (Å²) in [5, 5.41) is 6.30. The molecule has 2 aromatic carbocycles. The summed E-state index contributed by atoms with van der Waals surface area (Å²) in [6.45, 7) is 2.10. The van der Waals surface area contributed by atoms with Gasteiger partial charge in [-0.3, -0.25) is 14.4 Å². The summed E-state index contributed by atoms with van der Waals surface area (Å²) in [5.41, 5.74) is 14.4. The fraction of sp³-hybridized carbons (Fsp3) is 0.357. The van der Waals surface area contributed by atoms with E-state index in [4.69, 9.17) is 28.1 Å². The van der Waals surface area contributed by atoms with Crippen molar-refractivity contribution in [3.8, 4) is 11.3 Å². The SMILES string of the molecule is CC(=O)Nc1cccc(C[C@H](NC(=O)C2CCC(CN)CC2)c2nc(-c3ccc(C(N)=O)cc3)c(Cl)[nH]2)c1. The molecule has 0 unspecified atom stereocenters. The van der Waals surface area contributed by atoms with Crippen molar-refractivity contribution >= 4 is 35.0 Å². The standard InChI is InChI=1S/C28H33ClN6O3/c1-16(36)32-22-4-2-3-18(13-22)14-23(33-28(38)21-7-5-17(15-30)6-8-21)27-34-24(25(29)35-27)19-9-11-20(12-10-19)26(31)37/h2-4,9-13,17,21,23H,5-8,14-15,30H2,1H3,(H2,31,37)(H,32,36)(H,33,38)(H,34,35)/t17?,21?,23-/m0/s1. The molecule has 9 nitrogen and oxygen atoms in total. The van der Waals surface area contributed by atoms with Gasteiger partial charge in [-0.25, -0.2) is 4.98 Å². The van der Waals surface area contributed by atoms with Crippen LogP contribution in [-0.2, 0) is 16.0 Å². The van der Waals surface area contributed by atoms with Crippen LogP contribution in [0.25, 0.3) is 11.3 Å². The van der Waals surface area contributed by atoms with Crippen LogP contribution >= 0.6 is 11.6 Å². The van der Waals surface area contributed by atoms with Crippen LogP contribution in [0.1, 0.15) is 60.4 Å². The molecule has 1 aromatic heterocycles. The first-order chi connectivity index (χ1) is 18.2. The molecule has 3 aromatic rings. The second-order valence-electron chi connectivity index (χ2n) is 9.83. The summed E-state index contributed by atoms with van der Waals surface area (Å²) in [6.07, 6.45) is 3.91. The van der Waals surface area contributed by atoms with E-state index >= 15 is 0 Å². The normalized spacial score (nSPS) is 18.0. The van der Waals surface area contributed by atoms with Gasteiger partial charge in [-0.15, -0.1) is 0 Å². The van der Waals surface area contributed by atoms with Gasteiger partial charge >= 0.3 is 0 Å². The molecular formula is C28H33ClN6O3. The van der Waals surface area contributed by atoms with Gasteiger partial charge in [0.15, 0.2) is 0 Å². The number of nitrogens with zero attached hydrogens (tertiary/aromatic N) is 1. The van der Waals surface area contributed by atoms with E-state index in [1.54, 1.807) is 24.3 Å². The van der Waals surface area contributed by atoms with Crippen molar-refractivity contribution in [2.75, 3.05) is 11.9 Å². The molecule has 1 atom stereocenters. The maximum absolute atomic E-state index is 13.3. The maximum Gasteiger partial charge on any atom is 0.248 e. The van der Waals surface area contributed by atoms with Crippen LogP contribution in [0.15, 0.2) is 48.5 Å². The highest BCUT2D eigenvalue weighted by atomic mass is 35.5. The van der Waals surface area contributed by atoms with Crippen LogP contribution in [0.4, 0.5) is 5.69 Å². The predicted molar refractivity (Wildman–Crippen MR) is 147 cm³/mol. The van der Waals surface area contributed by atoms with Crippen LogP contribution in [0.2, 0.25) is 5.15 Å². The van der Waals surface area contributed by atoms with Crippen LogP contribution in [-0.4, -0.2) is 34.2 Å². The highest BCUT2D eigenvalue weighted by molar-refractivity contribution is 6.31. The van der Waals surface area contributed by atoms with Crippen LogP contribution < -0.4 is 22.1 Å². The number of carbonyl (C=O) groups is 3. The number of carbonyl (C=O) groups excluding carboxylic acids is 3. The highest BCUT2D eigenvalue weighted by Gasteiger charge is 2.29. The highest BCUT2D eigenvalue weighted by Crippen LogP contribution is 2.31. The number of aromatic nitrogens is 2. The number of primary amides is 1. The topological polar surface area (TPSA) is 156 Å². The van der Waals surface area contributed by atoms with Gasteiger partial charge in [-0.1, -0.05) is 35.9 Å². The fourth-order valence-corrected chi connectivity index (χ4v) is 5.15. The number of nitrogens with two attached hydrogens (primary N) is 2. The molecule has 0 radical (unpaired) electrons. The zero-order chi connectivity index (χ0) is 27.2. The number of benzene rings is 2. The van der Waals surface area contributed by atoms with Gasteiger partial charge in [-0.2, -0.15) is 0 Å². The van der Waals surface area contributed by atoms with Gasteiger partial charge in [0.1, 0.15) is 16.7 Å². The van der Waals surface area contributed by atoms with Crippen molar-refractivity contribution in [1.82, 2.24) is 15.3 Å². The van der Waals surface area contributed by atoms with Gasteiger partial charge in [0.2, 0.25) is 17.7 Å². The molecule has 200 valence electrons. The maximum atomic E-state index is 13.3. The molecule has 10 heteroatoms. The second kappa shape index (κ2) is 12.2. The number of amides is 3. The lowest BCUT2D eigenvalue weighted by molar-refractivity contribution is -0.127. The van der Waals surface area contributed by atoms with E-state index in [9.17, 15) is 14.4 Å². The number of aromatic amines is 1. The minimum atomic E-state index is -0.518. The summed E-state index contributed by atoms with van der Waals surface area (Å²) >= 11 is 6.55. The molecule has 7 N–H and O–H groups in total. The van der Waals surface area contributed by atoms with Crippen LogP contribution in [0.5, 0.6) is 0 Å². The molecule has 0 saturated heterocycles. The molecule has 3 amide bonds. The van der Waals surface area contributed by atoms with Gasteiger partial charge < -0.3 is 27.1 Å². The molecule has 4 rings (SSSR count). The van der Waals surface area contributed by atoms with Crippen molar-refractivity contribution in [3.05, 3.63) is 70.6 Å². The Morgan fingerprint density at radius 3 is 2.45 bits per heavy atom. The zero-order valence-electron chi connectivity index (χ0n) is 21.3. The molecule has 1 heterocycles. The number of H-pyrrole nitrogens is 1. The number of nitrogens with one attached hydrogen (secondary N) is 3. The number of imidazole rings is 1. The molecule has 0 bridgehead atoms. The first-order valence-electron chi connectivity index (χ1n) is 12.8. The summed E-state index contributed by atoms with van der Waals surface area (Å²) in [5.74, 6) is 0.192. The van der Waals surface area contributed by atoms with Crippen molar-refractivity contribution in [2.24, 2.45) is 23.3 Å². The molecule has 0 spiro atoms. The molecule has 1 aliphatic rings. The van der Waals surface area contributed by atoms with Crippen molar-refractivity contribution in [2.45, 2.75) is 45.1 Å². The molecule has 1 saturated carbocycles. The minimum absolute atomic E-state index is 0.0247. The van der Waals surface area contributed by atoms with Crippen molar-refractivity contribution < 1.29 is 14.4 Å². The Labute approximate surface area is 226 Å². The lowest BCUT2D eigenvalue weighted by Crippen LogP contribution is -2.37. The smallest absolute Gasteiger partial charge is 0.248 e. The number of anilines is 1. The largest absolute Gasteiger partial charge is 0.366 e. The number of rotatable bonds is 9. The predicted octanol–water partition coefficient (Wildman–Crippen LogP) is 3.95. The van der Waals surface area contributed by atoms with Gasteiger partial charge in [-0.05, 0) is 74.4 Å². The summed E-state index contributed by atoms with van der Waals surface area (Å²) < 4.78 is 0. The Kier molecular flexibility index (Phi) is 8.81. The average molecular weight is 537 g/mol. The quantitative estimate of drug-likeness (QED) is 0.280. The molecule has 0 aliphatic heterocycles. The molecular weight excluding hydrogens is 504 g/mol. The molecule has 1 fully saturated rings. The minimum Gasteiger partial charge on any atom is -0.366 e. The van der Waals surface area contributed by atoms with E-state index in [2.05, 4.69) is 15.6 Å². The first kappa shape index (κ1) is 27.3. The van der Waals surface area contributed by atoms with E-state index in [1.165, 1.54) is 6.92 Å². The Bertz CT molecular complexity index is 1300. The van der Waals surface area contributed by atoms with Crippen molar-refractivity contribution in [1.29, 1.82) is 0 Å². The lowest BCUT2D eigenvalue weighted by atomic mass is 9.81. The van der Waals surface area contributed by atoms with E-state index < -0.39 is 11.9 Å². The van der Waals surface area contributed by atoms with Crippen LogP contribution in [0, 0.1) is 11.8 Å². The summed E-state index contributed by atoms with van der Waals surface area (Å²) in [6, 6.07) is 13.7. The summed E-state index contributed by atoms with van der Waals surface area (Å²) in [7, 11) is 0. The zero-order valence-corrected chi connectivity index (χ0v) is 22.1. The second-order valence-corrected chi connectivity index (χ2v) is 10.2. The third-order valence-corrected chi connectivity index (χ3v) is 7.28. The Balaban J connectivity index is 1.60. The average Bonchev–Trinajstić information content (AvgIpc) is 3.29. The van der Waals surface area contributed by atoms with Gasteiger partial charge in [0.05, 0.1) is 6.04 Å². The number of halogens is 1. The molecule has 1 aliphatic carbocycles. The molecule has 38 heavy (non-hydrogen) atoms. The third-order valence-electron chi connectivity index (χ3n) is 7.01. The van der Waals surface area contributed by atoms with Crippen LogP contribution in [0.3, 0.4) is 0 Å². The monoisotopic (exact) mass is 536 g/mol.